The highest BCUT2D eigenvalue weighted by molar-refractivity contribution is 9.09. The second-order valence-electron chi connectivity index (χ2n) is 4.89. The van der Waals surface area contributed by atoms with E-state index in [-0.39, 0.29) is 16.1 Å². The predicted octanol–water partition coefficient (Wildman–Crippen LogP) is 4.52. The molecule has 1 aromatic rings. The maximum Gasteiger partial charge on any atom is 0.230 e. The van der Waals surface area contributed by atoms with Gasteiger partial charge in [0.25, 0.3) is 0 Å². The number of nitrogens with one attached hydrogen (secondary N) is 1. The normalized spacial score (nSPS) is 13.2. The Morgan fingerprint density at radius 1 is 1.41 bits per heavy atom. The Kier molecular flexibility index (Phi) is 4.75. The molecule has 0 aromatic heterocycles. The summed E-state index contributed by atoms with van der Waals surface area (Å²) in [5.41, 5.74) is 1.67. The van der Waals surface area contributed by atoms with Crippen LogP contribution in [0.1, 0.15) is 44.5 Å². The molecule has 0 radical (unpaired) electrons. The van der Waals surface area contributed by atoms with E-state index in [4.69, 9.17) is 0 Å². The predicted molar refractivity (Wildman–Crippen MR) is 76.5 cm³/mol. The van der Waals surface area contributed by atoms with Crippen LogP contribution in [0.4, 0.5) is 5.69 Å². The van der Waals surface area contributed by atoms with Gasteiger partial charge in [-0.3, -0.25) is 4.79 Å². The number of hydrogen-bond acceptors (Lipinski definition) is 1. The number of para-hydroxylation sites is 1. The van der Waals surface area contributed by atoms with Crippen molar-refractivity contribution in [2.75, 3.05) is 5.32 Å². The molecule has 0 aliphatic rings. The number of rotatable bonds is 4. The van der Waals surface area contributed by atoms with Crippen LogP contribution in [0, 0.1) is 5.41 Å². The smallest absolute Gasteiger partial charge is 0.230 e. The number of carbonyl (C=O) groups excluding carboxylic acids is 1. The zero-order chi connectivity index (χ0) is 13.1. The van der Waals surface area contributed by atoms with Gasteiger partial charge in [-0.15, -0.1) is 0 Å². The van der Waals surface area contributed by atoms with Crippen molar-refractivity contribution in [3.63, 3.8) is 0 Å². The zero-order valence-electron chi connectivity index (χ0n) is 10.9. The molecule has 0 bridgehead atoms. The SMILES string of the molecule is CCC(C)(C)C(=O)Nc1ccccc1C(C)Br. The van der Waals surface area contributed by atoms with Gasteiger partial charge in [-0.25, -0.2) is 0 Å². The molecule has 1 aromatic carbocycles. The lowest BCUT2D eigenvalue weighted by Crippen LogP contribution is -2.30. The van der Waals surface area contributed by atoms with Crippen LogP contribution in [0.3, 0.4) is 0 Å². The average Bonchev–Trinajstić information content (AvgIpc) is 2.29. The molecule has 1 amide bonds. The van der Waals surface area contributed by atoms with Crippen molar-refractivity contribution in [2.24, 2.45) is 5.41 Å². The lowest BCUT2D eigenvalue weighted by atomic mass is 9.89. The number of alkyl halides is 1. The van der Waals surface area contributed by atoms with Crippen molar-refractivity contribution in [2.45, 2.75) is 38.9 Å². The van der Waals surface area contributed by atoms with E-state index in [1.165, 1.54) is 0 Å². The quantitative estimate of drug-likeness (QED) is 0.814. The van der Waals surface area contributed by atoms with Gasteiger partial charge in [0.05, 0.1) is 0 Å². The Morgan fingerprint density at radius 3 is 2.53 bits per heavy atom. The van der Waals surface area contributed by atoms with Crippen molar-refractivity contribution in [1.29, 1.82) is 0 Å². The fraction of sp³-hybridized carbons (Fsp3) is 0.500. The molecule has 0 saturated carbocycles. The van der Waals surface area contributed by atoms with Crippen LogP contribution < -0.4 is 5.32 Å². The monoisotopic (exact) mass is 297 g/mol. The summed E-state index contributed by atoms with van der Waals surface area (Å²) in [4.78, 5) is 12.3. The largest absolute Gasteiger partial charge is 0.325 e. The highest BCUT2D eigenvalue weighted by Gasteiger charge is 2.25. The maximum atomic E-state index is 12.1. The zero-order valence-corrected chi connectivity index (χ0v) is 12.5. The third kappa shape index (κ3) is 3.56. The number of hydrogen-bond donors (Lipinski definition) is 1. The van der Waals surface area contributed by atoms with Crippen LogP contribution in [-0.2, 0) is 4.79 Å². The van der Waals surface area contributed by atoms with E-state index in [2.05, 4.69) is 28.2 Å². The minimum Gasteiger partial charge on any atom is -0.325 e. The molecular weight excluding hydrogens is 278 g/mol. The van der Waals surface area contributed by atoms with Gasteiger partial charge < -0.3 is 5.32 Å². The van der Waals surface area contributed by atoms with Gasteiger partial charge in [-0.2, -0.15) is 0 Å². The lowest BCUT2D eigenvalue weighted by molar-refractivity contribution is -0.124. The first-order valence-electron chi connectivity index (χ1n) is 5.93. The van der Waals surface area contributed by atoms with Crippen LogP contribution in [0.2, 0.25) is 0 Å². The molecule has 17 heavy (non-hydrogen) atoms. The molecule has 0 aliphatic carbocycles. The van der Waals surface area contributed by atoms with Gasteiger partial charge >= 0.3 is 0 Å². The molecule has 3 heteroatoms. The summed E-state index contributed by atoms with van der Waals surface area (Å²) in [6, 6.07) is 7.88. The van der Waals surface area contributed by atoms with Crippen molar-refractivity contribution in [3.05, 3.63) is 29.8 Å². The summed E-state index contributed by atoms with van der Waals surface area (Å²) in [5.74, 6) is 0.0700. The van der Waals surface area contributed by atoms with E-state index >= 15 is 0 Å². The first-order chi connectivity index (χ1) is 7.88. The van der Waals surface area contributed by atoms with Gasteiger partial charge in [0.2, 0.25) is 5.91 Å². The van der Waals surface area contributed by atoms with Crippen molar-refractivity contribution < 1.29 is 4.79 Å². The summed E-state index contributed by atoms with van der Waals surface area (Å²) in [6.45, 7) is 8.00. The van der Waals surface area contributed by atoms with Gasteiger partial charge in [-0.05, 0) is 25.0 Å². The third-order valence-electron chi connectivity index (χ3n) is 3.14. The van der Waals surface area contributed by atoms with Crippen molar-refractivity contribution in [1.82, 2.24) is 0 Å². The first kappa shape index (κ1) is 14.2. The van der Waals surface area contributed by atoms with E-state index in [1.54, 1.807) is 0 Å². The topological polar surface area (TPSA) is 29.1 Å². The number of halogens is 1. The third-order valence-corrected chi connectivity index (χ3v) is 3.63. The molecule has 1 unspecified atom stereocenters. The minimum atomic E-state index is -0.331. The van der Waals surface area contributed by atoms with E-state index in [0.29, 0.717) is 0 Å². The molecule has 0 spiro atoms. The summed E-state index contributed by atoms with van der Waals surface area (Å²) >= 11 is 3.54. The molecule has 1 N–H and O–H groups in total. The van der Waals surface area contributed by atoms with Crippen LogP contribution in [0.5, 0.6) is 0 Å². The summed E-state index contributed by atoms with van der Waals surface area (Å²) < 4.78 is 0. The fourth-order valence-corrected chi connectivity index (χ4v) is 1.81. The lowest BCUT2D eigenvalue weighted by Gasteiger charge is -2.23. The molecule has 94 valence electrons. The van der Waals surface area contributed by atoms with E-state index < -0.39 is 0 Å². The molecule has 0 aliphatic heterocycles. The number of benzene rings is 1. The van der Waals surface area contributed by atoms with Crippen LogP contribution in [0.25, 0.3) is 0 Å². The summed E-state index contributed by atoms with van der Waals surface area (Å²) in [5, 5.41) is 3.01. The Labute approximate surface area is 112 Å². The number of anilines is 1. The van der Waals surface area contributed by atoms with E-state index in [9.17, 15) is 4.79 Å². The Hall–Kier alpha value is -0.830. The summed E-state index contributed by atoms with van der Waals surface area (Å²) in [6.07, 6.45) is 0.824. The molecule has 0 fully saturated rings. The molecule has 1 atom stereocenters. The van der Waals surface area contributed by atoms with Gasteiger partial charge in [-0.1, -0.05) is 54.9 Å². The van der Waals surface area contributed by atoms with Gasteiger partial charge in [0, 0.05) is 15.9 Å². The van der Waals surface area contributed by atoms with Crippen LogP contribution in [0.15, 0.2) is 24.3 Å². The van der Waals surface area contributed by atoms with Crippen LogP contribution >= 0.6 is 15.9 Å². The minimum absolute atomic E-state index is 0.0700. The van der Waals surface area contributed by atoms with Crippen molar-refractivity contribution >= 4 is 27.5 Å². The maximum absolute atomic E-state index is 12.1. The molecule has 2 nitrogen and oxygen atoms in total. The van der Waals surface area contributed by atoms with Crippen LogP contribution in [-0.4, -0.2) is 5.91 Å². The highest BCUT2D eigenvalue weighted by atomic mass is 79.9. The second kappa shape index (κ2) is 5.67. The molecule has 1 rings (SSSR count). The fourth-order valence-electron chi connectivity index (χ4n) is 1.41. The Balaban J connectivity index is 2.93. The Morgan fingerprint density at radius 2 is 2.00 bits per heavy atom. The van der Waals surface area contributed by atoms with Gasteiger partial charge in [0.15, 0.2) is 0 Å². The summed E-state index contributed by atoms with van der Waals surface area (Å²) in [7, 11) is 0. The number of amides is 1. The second-order valence-corrected chi connectivity index (χ2v) is 6.27. The standard InChI is InChI=1S/C14H20BrNO/c1-5-14(3,4)13(17)16-12-9-7-6-8-11(12)10(2)15/h6-10H,5H2,1-4H3,(H,16,17). The molecular formula is C14H20BrNO. The van der Waals surface area contributed by atoms with Crippen molar-refractivity contribution in [3.8, 4) is 0 Å². The van der Waals surface area contributed by atoms with E-state index in [1.807, 2.05) is 45.0 Å². The average molecular weight is 298 g/mol. The molecule has 0 heterocycles. The molecule has 0 saturated heterocycles. The van der Waals surface area contributed by atoms with Gasteiger partial charge in [0.1, 0.15) is 0 Å². The first-order valence-corrected chi connectivity index (χ1v) is 6.84. The van der Waals surface area contributed by atoms with E-state index in [0.717, 1.165) is 17.7 Å². The highest BCUT2D eigenvalue weighted by Crippen LogP contribution is 2.30. The Bertz CT molecular complexity index is 399. The number of carbonyl (C=O) groups is 1.